The van der Waals surface area contributed by atoms with Crippen molar-refractivity contribution in [1.29, 1.82) is 0 Å². The summed E-state index contributed by atoms with van der Waals surface area (Å²) in [6, 6.07) is 11.7. The van der Waals surface area contributed by atoms with E-state index in [4.69, 9.17) is 0 Å². The van der Waals surface area contributed by atoms with Crippen molar-refractivity contribution in [2.24, 2.45) is 0 Å². The minimum Gasteiger partial charge on any atom is -0.340 e. The summed E-state index contributed by atoms with van der Waals surface area (Å²) in [5.74, 6) is -0.852. The van der Waals surface area contributed by atoms with Gasteiger partial charge in [-0.1, -0.05) is 26.0 Å². The maximum Gasteiger partial charge on any atom is 0.272 e. The van der Waals surface area contributed by atoms with Crippen LogP contribution in [0.2, 0.25) is 0 Å². The molecule has 3 aromatic rings. The molecule has 2 aromatic carbocycles. The first-order valence-corrected chi connectivity index (χ1v) is 8.41. The topological polar surface area (TPSA) is 46.9 Å². The number of rotatable bonds is 3. The number of benzene rings is 2. The Hall–Kier alpha value is -3.02. The molecular weight excluding hydrogens is 336 g/mol. The van der Waals surface area contributed by atoms with E-state index in [-0.39, 0.29) is 29.5 Å². The van der Waals surface area contributed by atoms with Crippen molar-refractivity contribution < 1.29 is 13.6 Å². The Labute approximate surface area is 149 Å². The molecule has 1 amide bonds. The summed E-state index contributed by atoms with van der Waals surface area (Å²) >= 11 is 0. The van der Waals surface area contributed by atoms with Gasteiger partial charge in [0.25, 0.3) is 5.91 Å². The number of halogens is 2. The van der Waals surface area contributed by atoms with Crippen molar-refractivity contribution in [1.82, 2.24) is 15.1 Å². The molecule has 0 radical (unpaired) electrons. The highest BCUT2D eigenvalue weighted by Gasteiger charge is 2.38. The van der Waals surface area contributed by atoms with E-state index in [0.29, 0.717) is 11.4 Å². The van der Waals surface area contributed by atoms with Crippen LogP contribution >= 0.6 is 0 Å². The fraction of sp³-hybridized carbons (Fsp3) is 0.200. The van der Waals surface area contributed by atoms with Gasteiger partial charge in [-0.15, -0.1) is 0 Å². The van der Waals surface area contributed by atoms with Gasteiger partial charge in [0.1, 0.15) is 11.6 Å². The number of nitrogens with zero attached hydrogens (tertiary/aromatic N) is 2. The van der Waals surface area contributed by atoms with Crippen molar-refractivity contribution >= 4 is 5.91 Å². The molecule has 0 spiro atoms. The molecule has 0 bridgehead atoms. The Morgan fingerprint density at radius 3 is 2.15 bits per heavy atom. The summed E-state index contributed by atoms with van der Waals surface area (Å²) < 4.78 is 28.3. The monoisotopic (exact) mass is 353 g/mol. The first kappa shape index (κ1) is 16.4. The summed E-state index contributed by atoms with van der Waals surface area (Å²) in [6.07, 6.45) is 0. The van der Waals surface area contributed by atoms with Crippen LogP contribution < -0.4 is 5.32 Å². The van der Waals surface area contributed by atoms with Crippen LogP contribution in [0.4, 0.5) is 8.78 Å². The molecule has 0 saturated heterocycles. The summed E-state index contributed by atoms with van der Waals surface area (Å²) in [5.41, 5.74) is 3.50. The number of carbonyl (C=O) groups is 1. The third-order valence-electron chi connectivity index (χ3n) is 4.56. The Morgan fingerprint density at radius 2 is 1.58 bits per heavy atom. The Kier molecular flexibility index (Phi) is 3.83. The van der Waals surface area contributed by atoms with Crippen LogP contribution in [0.5, 0.6) is 0 Å². The molecule has 4 rings (SSSR count). The van der Waals surface area contributed by atoms with Crippen LogP contribution in [0.1, 0.15) is 53.1 Å². The van der Waals surface area contributed by atoms with E-state index < -0.39 is 0 Å². The zero-order chi connectivity index (χ0) is 18.4. The summed E-state index contributed by atoms with van der Waals surface area (Å²) in [4.78, 5) is 12.5. The van der Waals surface area contributed by atoms with E-state index in [1.807, 2.05) is 13.8 Å². The summed E-state index contributed by atoms with van der Waals surface area (Å²) in [7, 11) is 0. The molecule has 1 N–H and O–H groups in total. The summed E-state index contributed by atoms with van der Waals surface area (Å²) in [6.45, 7) is 4.03. The van der Waals surface area contributed by atoms with Crippen molar-refractivity contribution in [3.63, 3.8) is 0 Å². The zero-order valence-electron chi connectivity index (χ0n) is 14.3. The van der Waals surface area contributed by atoms with Crippen LogP contribution in [0.25, 0.3) is 5.69 Å². The lowest BCUT2D eigenvalue weighted by Crippen LogP contribution is -2.23. The number of amides is 1. The van der Waals surface area contributed by atoms with Gasteiger partial charge in [-0.2, -0.15) is 5.10 Å². The average molecular weight is 353 g/mol. The van der Waals surface area contributed by atoms with Crippen LogP contribution in [0, 0.1) is 11.6 Å². The van der Waals surface area contributed by atoms with Crippen LogP contribution in [0.15, 0.2) is 48.5 Å². The minimum absolute atomic E-state index is 0.0759. The van der Waals surface area contributed by atoms with Crippen molar-refractivity contribution in [2.45, 2.75) is 25.8 Å². The molecular formula is C20H17F2N3O. The van der Waals surface area contributed by atoms with Gasteiger partial charge in [-0.05, 0) is 47.9 Å². The van der Waals surface area contributed by atoms with E-state index in [2.05, 4.69) is 10.4 Å². The van der Waals surface area contributed by atoms with Gasteiger partial charge in [0.15, 0.2) is 5.69 Å². The highest BCUT2D eigenvalue weighted by molar-refractivity contribution is 5.98. The minimum atomic E-state index is -0.385. The maximum absolute atomic E-state index is 13.3. The summed E-state index contributed by atoms with van der Waals surface area (Å²) in [5, 5.41) is 7.42. The molecule has 1 aromatic heterocycles. The molecule has 1 aliphatic rings. The third kappa shape index (κ3) is 2.58. The second kappa shape index (κ2) is 6.05. The number of fused-ring (bicyclic) bond motifs is 1. The predicted molar refractivity (Wildman–Crippen MR) is 93.3 cm³/mol. The molecule has 2 heterocycles. The van der Waals surface area contributed by atoms with Gasteiger partial charge in [0, 0.05) is 5.56 Å². The molecule has 6 heteroatoms. The Morgan fingerprint density at radius 1 is 1.00 bits per heavy atom. The van der Waals surface area contributed by atoms with Crippen molar-refractivity contribution in [3.05, 3.63) is 82.7 Å². The molecule has 0 saturated carbocycles. The van der Waals surface area contributed by atoms with E-state index >= 15 is 0 Å². The van der Waals surface area contributed by atoms with Gasteiger partial charge in [0.05, 0.1) is 17.4 Å². The van der Waals surface area contributed by atoms with E-state index in [9.17, 15) is 13.6 Å². The fourth-order valence-corrected chi connectivity index (χ4v) is 3.41. The van der Waals surface area contributed by atoms with E-state index in [1.54, 1.807) is 28.9 Å². The van der Waals surface area contributed by atoms with Crippen molar-refractivity contribution in [2.75, 3.05) is 0 Å². The molecule has 132 valence electrons. The zero-order valence-corrected chi connectivity index (χ0v) is 14.3. The van der Waals surface area contributed by atoms with Gasteiger partial charge in [-0.3, -0.25) is 4.79 Å². The number of hydrogen-bond donors (Lipinski definition) is 1. The quantitative estimate of drug-likeness (QED) is 0.770. The van der Waals surface area contributed by atoms with E-state index in [1.165, 1.54) is 24.3 Å². The molecule has 4 nitrogen and oxygen atoms in total. The number of aromatic nitrogens is 2. The number of hydrogen-bond acceptors (Lipinski definition) is 2. The average Bonchev–Trinajstić information content (AvgIpc) is 3.15. The van der Waals surface area contributed by atoms with Gasteiger partial charge < -0.3 is 5.32 Å². The molecule has 1 aliphatic heterocycles. The van der Waals surface area contributed by atoms with Crippen molar-refractivity contribution in [3.8, 4) is 5.69 Å². The first-order chi connectivity index (χ1) is 12.5. The van der Waals surface area contributed by atoms with Gasteiger partial charge in [0.2, 0.25) is 0 Å². The highest BCUT2D eigenvalue weighted by Crippen LogP contribution is 2.37. The Bertz CT molecular complexity index is 976. The number of carbonyl (C=O) groups excluding carboxylic acids is 1. The molecule has 26 heavy (non-hydrogen) atoms. The van der Waals surface area contributed by atoms with E-state index in [0.717, 1.165) is 16.8 Å². The highest BCUT2D eigenvalue weighted by atomic mass is 19.1. The second-order valence-corrected chi connectivity index (χ2v) is 6.65. The molecule has 0 fully saturated rings. The Balaban J connectivity index is 1.90. The van der Waals surface area contributed by atoms with Gasteiger partial charge >= 0.3 is 0 Å². The lowest BCUT2D eigenvalue weighted by molar-refractivity contribution is 0.0955. The molecule has 1 atom stereocenters. The first-order valence-electron chi connectivity index (χ1n) is 8.41. The normalized spacial score (nSPS) is 16.0. The standard InChI is InChI=1S/C20H17F2N3O/c1-11(2)19-16-17(12-3-5-13(21)6-4-12)23-20(26)18(16)24-25(19)15-9-7-14(22)8-10-15/h3-11,17H,1-2H3,(H,23,26). The van der Waals surface area contributed by atoms with Gasteiger partial charge in [-0.25, -0.2) is 13.5 Å². The van der Waals surface area contributed by atoms with Crippen LogP contribution in [-0.2, 0) is 0 Å². The molecule has 0 aliphatic carbocycles. The van der Waals surface area contributed by atoms with Crippen LogP contribution in [-0.4, -0.2) is 15.7 Å². The fourth-order valence-electron chi connectivity index (χ4n) is 3.41. The largest absolute Gasteiger partial charge is 0.340 e. The smallest absolute Gasteiger partial charge is 0.272 e. The second-order valence-electron chi connectivity index (χ2n) is 6.65. The SMILES string of the molecule is CC(C)c1c2c(nn1-c1ccc(F)cc1)C(=O)NC2c1ccc(F)cc1. The number of nitrogens with one attached hydrogen (secondary N) is 1. The lowest BCUT2D eigenvalue weighted by atomic mass is 9.95. The predicted octanol–water partition coefficient (Wildman–Crippen LogP) is 4.11. The molecule has 1 unspecified atom stereocenters. The third-order valence-corrected chi connectivity index (χ3v) is 4.56. The maximum atomic E-state index is 13.3. The van der Waals surface area contributed by atoms with Crippen LogP contribution in [0.3, 0.4) is 0 Å². The lowest BCUT2D eigenvalue weighted by Gasteiger charge is -2.18.